The first kappa shape index (κ1) is 24.4. The molecule has 23 heavy (non-hydrogen) atoms. The molecule has 7 heteroatoms. The molecule has 0 aliphatic carbocycles. The molecule has 0 saturated carbocycles. The third-order valence-corrected chi connectivity index (χ3v) is 3.33. The number of nitrogens with one attached hydrogen (secondary N) is 1. The van der Waals surface area contributed by atoms with E-state index in [-0.39, 0.29) is 30.7 Å². The van der Waals surface area contributed by atoms with Gasteiger partial charge in [0.25, 0.3) is 0 Å². The minimum absolute atomic E-state index is 0. The zero-order valence-electron chi connectivity index (χ0n) is 13.9. The van der Waals surface area contributed by atoms with Crippen molar-refractivity contribution in [2.24, 2.45) is 5.73 Å². The smallest absolute Gasteiger partial charge is 0.237 e. The van der Waals surface area contributed by atoms with Crippen LogP contribution in [0.2, 0.25) is 0 Å². The lowest BCUT2D eigenvalue weighted by Gasteiger charge is -2.16. The second-order valence-electron chi connectivity index (χ2n) is 5.24. The third-order valence-electron chi connectivity index (χ3n) is 3.33. The first-order valence-corrected chi connectivity index (χ1v) is 7.38. The highest BCUT2D eigenvalue weighted by Gasteiger charge is 2.13. The fourth-order valence-electron chi connectivity index (χ4n) is 2.01. The molecule has 0 radical (unpaired) electrons. The van der Waals surface area contributed by atoms with Crippen LogP contribution in [0, 0.1) is 0 Å². The Morgan fingerprint density at radius 1 is 1.26 bits per heavy atom. The number of carbonyl (C=O) groups excluding carboxylic acids is 1. The first-order chi connectivity index (χ1) is 10.1. The summed E-state index contributed by atoms with van der Waals surface area (Å²) in [6, 6.07) is 9.34. The predicted molar refractivity (Wildman–Crippen MR) is 99.6 cm³/mol. The number of halogens is 2. The monoisotopic (exact) mass is 365 g/mol. The number of rotatable bonds is 10. The van der Waals surface area contributed by atoms with Crippen LogP contribution in [0.25, 0.3) is 0 Å². The number of hydrogen-bond acceptors (Lipinski definition) is 4. The number of hydrogen-bond donors (Lipinski definition) is 2. The van der Waals surface area contributed by atoms with Crippen LogP contribution < -0.4 is 11.1 Å². The summed E-state index contributed by atoms with van der Waals surface area (Å²) in [5.41, 5.74) is 7.00. The number of ether oxygens (including phenoxy) is 1. The molecule has 0 aliphatic rings. The van der Waals surface area contributed by atoms with Crippen molar-refractivity contribution in [2.75, 3.05) is 40.4 Å². The maximum Gasteiger partial charge on any atom is 0.237 e. The summed E-state index contributed by atoms with van der Waals surface area (Å²) in [6.45, 7) is 3.21. The van der Waals surface area contributed by atoms with Gasteiger partial charge in [0.1, 0.15) is 0 Å². The van der Waals surface area contributed by atoms with E-state index in [1.54, 1.807) is 7.11 Å². The molecule has 0 aromatic heterocycles. The molecule has 3 N–H and O–H groups in total. The number of likely N-dealkylation sites (N-methyl/N-ethyl adjacent to an activating group) is 1. The van der Waals surface area contributed by atoms with Crippen LogP contribution in [-0.2, 0) is 16.0 Å². The van der Waals surface area contributed by atoms with Gasteiger partial charge in [0.2, 0.25) is 5.91 Å². The second-order valence-corrected chi connectivity index (χ2v) is 5.24. The maximum atomic E-state index is 11.9. The summed E-state index contributed by atoms with van der Waals surface area (Å²) in [4.78, 5) is 14.1. The van der Waals surface area contributed by atoms with Gasteiger partial charge in [0, 0.05) is 20.2 Å². The molecule has 0 aliphatic heterocycles. The quantitative estimate of drug-likeness (QED) is 0.616. The van der Waals surface area contributed by atoms with Crippen molar-refractivity contribution in [3.05, 3.63) is 35.9 Å². The minimum Gasteiger partial charge on any atom is -0.383 e. The average molecular weight is 366 g/mol. The molecule has 1 atom stereocenters. The fraction of sp³-hybridized carbons (Fsp3) is 0.562. The van der Waals surface area contributed by atoms with E-state index in [0.29, 0.717) is 13.0 Å². The number of amides is 1. The summed E-state index contributed by atoms with van der Waals surface area (Å²) >= 11 is 0. The van der Waals surface area contributed by atoms with E-state index >= 15 is 0 Å². The van der Waals surface area contributed by atoms with Gasteiger partial charge in [-0.2, -0.15) is 0 Å². The van der Waals surface area contributed by atoms with Crippen LogP contribution in [0.15, 0.2) is 30.3 Å². The topological polar surface area (TPSA) is 67.6 Å². The average Bonchev–Trinajstić information content (AvgIpc) is 2.50. The highest BCUT2D eigenvalue weighted by Crippen LogP contribution is 2.01. The van der Waals surface area contributed by atoms with Crippen LogP contribution in [-0.4, -0.2) is 57.2 Å². The maximum absolute atomic E-state index is 11.9. The molecule has 0 bridgehead atoms. The molecule has 134 valence electrons. The number of carbonyl (C=O) groups is 1. The van der Waals surface area contributed by atoms with Crippen molar-refractivity contribution in [2.45, 2.75) is 18.9 Å². The fourth-order valence-corrected chi connectivity index (χ4v) is 2.01. The summed E-state index contributed by atoms with van der Waals surface area (Å²) in [5.74, 6) is -0.0848. The van der Waals surface area contributed by atoms with Gasteiger partial charge in [0.15, 0.2) is 0 Å². The van der Waals surface area contributed by atoms with E-state index in [1.807, 2.05) is 37.4 Å². The van der Waals surface area contributed by atoms with Crippen molar-refractivity contribution in [1.29, 1.82) is 0 Å². The Balaban J connectivity index is 0. The molecule has 0 saturated heterocycles. The summed E-state index contributed by atoms with van der Waals surface area (Å²) in [6.07, 6.45) is 1.48. The van der Waals surface area contributed by atoms with Gasteiger partial charge < -0.3 is 20.7 Å². The van der Waals surface area contributed by atoms with Crippen LogP contribution in [0.4, 0.5) is 0 Å². The number of nitrogens with two attached hydrogens (primary N) is 1. The molecular weight excluding hydrogens is 337 g/mol. The van der Waals surface area contributed by atoms with Crippen molar-refractivity contribution in [3.63, 3.8) is 0 Å². The lowest BCUT2D eigenvalue weighted by atomic mass is 10.1. The van der Waals surface area contributed by atoms with Gasteiger partial charge in [0.05, 0.1) is 12.6 Å². The zero-order valence-corrected chi connectivity index (χ0v) is 15.5. The second kappa shape index (κ2) is 14.7. The van der Waals surface area contributed by atoms with Crippen molar-refractivity contribution in [1.82, 2.24) is 10.2 Å². The summed E-state index contributed by atoms with van der Waals surface area (Å²) in [5, 5.41) is 2.89. The Kier molecular flexibility index (Phi) is 15.6. The molecular formula is C16H29Cl2N3O2. The molecule has 1 amide bonds. The van der Waals surface area contributed by atoms with Crippen LogP contribution in [0.3, 0.4) is 0 Å². The largest absolute Gasteiger partial charge is 0.383 e. The highest BCUT2D eigenvalue weighted by atomic mass is 35.5. The van der Waals surface area contributed by atoms with Gasteiger partial charge in [-0.15, -0.1) is 24.8 Å². The van der Waals surface area contributed by atoms with Crippen LogP contribution in [0.1, 0.15) is 12.0 Å². The molecule has 1 rings (SSSR count). The molecule has 0 spiro atoms. The number of benzene rings is 1. The number of methoxy groups -OCH3 is 1. The van der Waals surface area contributed by atoms with E-state index in [0.717, 1.165) is 31.7 Å². The number of nitrogens with zero attached hydrogens (tertiary/aromatic N) is 1. The van der Waals surface area contributed by atoms with E-state index in [1.165, 1.54) is 0 Å². The standard InChI is InChI=1S/C16H27N3O2.2ClH/c1-19(11-12-21-2)10-6-9-18-16(20)15(17)13-14-7-4-3-5-8-14;;/h3-5,7-8,15H,6,9-13,17H2,1-2H3,(H,18,20);2*1H. The summed E-state index contributed by atoms with van der Waals surface area (Å²) < 4.78 is 5.02. The van der Waals surface area contributed by atoms with Crippen molar-refractivity contribution in [3.8, 4) is 0 Å². The molecule has 0 heterocycles. The Labute approximate surface area is 151 Å². The zero-order chi connectivity index (χ0) is 15.5. The van der Waals surface area contributed by atoms with Gasteiger partial charge in [-0.25, -0.2) is 0 Å². The van der Waals surface area contributed by atoms with E-state index in [2.05, 4.69) is 10.2 Å². The minimum atomic E-state index is -0.487. The van der Waals surface area contributed by atoms with Gasteiger partial charge in [-0.1, -0.05) is 30.3 Å². The SMILES string of the molecule is COCCN(C)CCCNC(=O)C(N)Cc1ccccc1.Cl.Cl. The van der Waals surface area contributed by atoms with Gasteiger partial charge >= 0.3 is 0 Å². The van der Waals surface area contributed by atoms with Gasteiger partial charge in [-0.3, -0.25) is 4.79 Å². The first-order valence-electron chi connectivity index (χ1n) is 7.38. The predicted octanol–water partition coefficient (Wildman–Crippen LogP) is 1.48. The van der Waals surface area contributed by atoms with E-state index in [9.17, 15) is 4.79 Å². The Morgan fingerprint density at radius 3 is 2.52 bits per heavy atom. The Morgan fingerprint density at radius 2 is 1.91 bits per heavy atom. The molecule has 1 unspecified atom stereocenters. The van der Waals surface area contributed by atoms with Crippen LogP contribution in [0.5, 0.6) is 0 Å². The van der Waals surface area contributed by atoms with Crippen LogP contribution >= 0.6 is 24.8 Å². The Bertz CT molecular complexity index is 408. The third kappa shape index (κ3) is 11.3. The normalized spacial score (nSPS) is 11.3. The lowest BCUT2D eigenvalue weighted by molar-refractivity contribution is -0.122. The molecule has 0 fully saturated rings. The van der Waals surface area contributed by atoms with Gasteiger partial charge in [-0.05, 0) is 32.0 Å². The Hall–Kier alpha value is -0.850. The summed E-state index contributed by atoms with van der Waals surface area (Å²) in [7, 11) is 3.74. The lowest BCUT2D eigenvalue weighted by Crippen LogP contribution is -2.42. The van der Waals surface area contributed by atoms with E-state index in [4.69, 9.17) is 10.5 Å². The van der Waals surface area contributed by atoms with E-state index < -0.39 is 6.04 Å². The highest BCUT2D eigenvalue weighted by molar-refractivity contribution is 5.85. The molecule has 1 aromatic carbocycles. The van der Waals surface area contributed by atoms with Crippen molar-refractivity contribution < 1.29 is 9.53 Å². The van der Waals surface area contributed by atoms with Crippen molar-refractivity contribution >= 4 is 30.7 Å². The molecule has 5 nitrogen and oxygen atoms in total. The molecule has 1 aromatic rings.